The van der Waals surface area contributed by atoms with E-state index in [1.54, 1.807) is 0 Å². The number of rotatable bonds is 7. The molecule has 0 amide bonds. The minimum absolute atomic E-state index is 0.530. The summed E-state index contributed by atoms with van der Waals surface area (Å²) < 4.78 is 0. The van der Waals surface area contributed by atoms with Crippen molar-refractivity contribution in [3.63, 3.8) is 0 Å². The van der Waals surface area contributed by atoms with E-state index in [9.17, 15) is 0 Å². The van der Waals surface area contributed by atoms with Gasteiger partial charge in [-0.05, 0) is 38.5 Å². The lowest BCUT2D eigenvalue weighted by Gasteiger charge is -2.17. The summed E-state index contributed by atoms with van der Waals surface area (Å²) in [5.41, 5.74) is 1.66. The highest BCUT2D eigenvalue weighted by Crippen LogP contribution is 2.48. The Hall–Kier alpha value is -1.32. The highest BCUT2D eigenvalue weighted by molar-refractivity contribution is 5.57. The van der Waals surface area contributed by atoms with E-state index >= 15 is 0 Å². The fourth-order valence-corrected chi connectivity index (χ4v) is 2.34. The molecule has 1 saturated carbocycles. The van der Waals surface area contributed by atoms with E-state index in [-0.39, 0.29) is 0 Å². The van der Waals surface area contributed by atoms with Crippen LogP contribution in [-0.2, 0) is 6.42 Å². The number of aryl methyl sites for hydroxylation is 1. The predicted octanol–water partition coefficient (Wildman–Crippen LogP) is 3.38. The molecule has 2 rings (SSSR count). The van der Waals surface area contributed by atoms with Crippen LogP contribution in [0, 0.1) is 12.3 Å². The van der Waals surface area contributed by atoms with Gasteiger partial charge < -0.3 is 10.6 Å². The maximum atomic E-state index is 4.64. The summed E-state index contributed by atoms with van der Waals surface area (Å²) in [6.45, 7) is 10.5. The van der Waals surface area contributed by atoms with Crippen molar-refractivity contribution in [2.24, 2.45) is 5.41 Å². The van der Waals surface area contributed by atoms with E-state index in [4.69, 9.17) is 0 Å². The van der Waals surface area contributed by atoms with Crippen LogP contribution in [0.1, 0.15) is 51.4 Å². The highest BCUT2D eigenvalue weighted by atomic mass is 15.1. The molecule has 0 bridgehead atoms. The van der Waals surface area contributed by atoms with Crippen molar-refractivity contribution in [2.45, 2.75) is 53.4 Å². The second kappa shape index (κ2) is 5.76. The van der Waals surface area contributed by atoms with Gasteiger partial charge in [0.05, 0.1) is 0 Å². The Labute approximate surface area is 116 Å². The zero-order valence-electron chi connectivity index (χ0n) is 12.6. The van der Waals surface area contributed by atoms with E-state index in [0.717, 1.165) is 42.5 Å². The molecule has 0 radical (unpaired) electrons. The van der Waals surface area contributed by atoms with Crippen molar-refractivity contribution in [1.29, 1.82) is 0 Å². The van der Waals surface area contributed by atoms with Crippen LogP contribution in [0.5, 0.6) is 0 Å². The molecule has 2 N–H and O–H groups in total. The van der Waals surface area contributed by atoms with Crippen molar-refractivity contribution in [3.8, 4) is 0 Å². The van der Waals surface area contributed by atoms with Crippen LogP contribution in [0.2, 0.25) is 0 Å². The summed E-state index contributed by atoms with van der Waals surface area (Å²) in [6.07, 6.45) is 4.82. The lowest BCUT2D eigenvalue weighted by atomic mass is 10.0. The summed E-state index contributed by atoms with van der Waals surface area (Å²) >= 11 is 0. The molecular weight excluding hydrogens is 236 g/mol. The van der Waals surface area contributed by atoms with Crippen molar-refractivity contribution in [1.82, 2.24) is 9.97 Å². The lowest BCUT2D eigenvalue weighted by molar-refractivity contribution is 0.520. The maximum Gasteiger partial charge on any atom is 0.134 e. The molecule has 0 aliphatic heterocycles. The first kappa shape index (κ1) is 14.1. The van der Waals surface area contributed by atoms with E-state index in [0.29, 0.717) is 5.41 Å². The zero-order valence-corrected chi connectivity index (χ0v) is 12.6. The van der Waals surface area contributed by atoms with Gasteiger partial charge in [0.25, 0.3) is 0 Å². The molecular formula is C15H26N4. The first-order valence-corrected chi connectivity index (χ1v) is 7.49. The third-order valence-electron chi connectivity index (χ3n) is 4.19. The molecule has 1 heterocycles. The van der Waals surface area contributed by atoms with Crippen LogP contribution in [-0.4, -0.2) is 23.1 Å². The molecule has 1 aliphatic carbocycles. The highest BCUT2D eigenvalue weighted by Gasteiger charge is 2.40. The predicted molar refractivity (Wildman–Crippen MR) is 80.8 cm³/mol. The molecule has 0 saturated heterocycles. The van der Waals surface area contributed by atoms with Gasteiger partial charge in [0.1, 0.15) is 17.5 Å². The minimum atomic E-state index is 0.530. The Kier molecular flexibility index (Phi) is 4.27. The van der Waals surface area contributed by atoms with Gasteiger partial charge in [-0.2, -0.15) is 0 Å². The van der Waals surface area contributed by atoms with Gasteiger partial charge in [-0.3, -0.25) is 0 Å². The van der Waals surface area contributed by atoms with E-state index in [2.05, 4.69) is 48.3 Å². The van der Waals surface area contributed by atoms with Crippen molar-refractivity contribution in [3.05, 3.63) is 11.4 Å². The molecule has 1 fully saturated rings. The normalized spacial score (nSPS) is 16.2. The molecule has 0 spiro atoms. The molecule has 4 nitrogen and oxygen atoms in total. The third kappa shape index (κ3) is 3.17. The smallest absolute Gasteiger partial charge is 0.134 e. The summed E-state index contributed by atoms with van der Waals surface area (Å²) in [6, 6.07) is 0. The summed E-state index contributed by atoms with van der Waals surface area (Å²) in [5, 5.41) is 6.88. The third-order valence-corrected chi connectivity index (χ3v) is 4.19. The van der Waals surface area contributed by atoms with Crippen molar-refractivity contribution >= 4 is 11.6 Å². The summed E-state index contributed by atoms with van der Waals surface area (Å²) in [5.74, 6) is 2.88. The van der Waals surface area contributed by atoms with Crippen LogP contribution in [0.25, 0.3) is 0 Å². The van der Waals surface area contributed by atoms with Gasteiger partial charge in [-0.1, -0.05) is 13.8 Å². The average molecular weight is 262 g/mol. The Morgan fingerprint density at radius 3 is 2.16 bits per heavy atom. The minimum Gasteiger partial charge on any atom is -0.370 e. The molecule has 1 aromatic rings. The topological polar surface area (TPSA) is 49.8 Å². The summed E-state index contributed by atoms with van der Waals surface area (Å²) in [7, 11) is 0. The number of nitrogens with one attached hydrogen (secondary N) is 2. The van der Waals surface area contributed by atoms with Gasteiger partial charge >= 0.3 is 0 Å². The Morgan fingerprint density at radius 1 is 1.05 bits per heavy atom. The Bertz CT molecular complexity index is 438. The van der Waals surface area contributed by atoms with Gasteiger partial charge in [0.15, 0.2) is 0 Å². The number of aromatic nitrogens is 2. The fraction of sp³-hybridized carbons (Fsp3) is 0.733. The van der Waals surface area contributed by atoms with Gasteiger partial charge in [-0.15, -0.1) is 0 Å². The maximum absolute atomic E-state index is 4.64. The average Bonchev–Trinajstić information content (AvgIpc) is 3.20. The molecule has 0 aromatic carbocycles. The summed E-state index contributed by atoms with van der Waals surface area (Å²) in [4.78, 5) is 9.20. The second-order valence-corrected chi connectivity index (χ2v) is 5.55. The Morgan fingerprint density at radius 2 is 1.68 bits per heavy atom. The molecule has 4 heteroatoms. The van der Waals surface area contributed by atoms with Crippen LogP contribution in [0.3, 0.4) is 0 Å². The molecule has 1 aromatic heterocycles. The number of anilines is 2. The number of hydrogen-bond acceptors (Lipinski definition) is 4. The van der Waals surface area contributed by atoms with Crippen LogP contribution < -0.4 is 10.6 Å². The monoisotopic (exact) mass is 262 g/mol. The second-order valence-electron chi connectivity index (χ2n) is 5.55. The molecule has 1 aliphatic rings. The number of nitrogens with zero attached hydrogens (tertiary/aromatic N) is 2. The van der Waals surface area contributed by atoms with Gasteiger partial charge in [0, 0.05) is 25.1 Å². The van der Waals surface area contributed by atoms with E-state index in [1.807, 2.05) is 0 Å². The van der Waals surface area contributed by atoms with Crippen molar-refractivity contribution < 1.29 is 0 Å². The molecule has 0 unspecified atom stereocenters. The lowest BCUT2D eigenvalue weighted by Crippen LogP contribution is -2.17. The van der Waals surface area contributed by atoms with Crippen LogP contribution >= 0.6 is 0 Å². The fourth-order valence-electron chi connectivity index (χ4n) is 2.34. The number of hydrogen-bond donors (Lipinski definition) is 2. The molecule has 106 valence electrons. The van der Waals surface area contributed by atoms with Gasteiger partial charge in [-0.25, -0.2) is 9.97 Å². The standard InChI is InChI=1S/C15H26N4/c1-5-12-18-13(16-7-3)11(4)14(19-12)17-10-15(6-2)8-9-15/h5-10H2,1-4H3,(H2,16,17,18,19). The van der Waals surface area contributed by atoms with Crippen LogP contribution in [0.15, 0.2) is 0 Å². The first-order valence-electron chi connectivity index (χ1n) is 7.49. The largest absolute Gasteiger partial charge is 0.370 e. The quantitative estimate of drug-likeness (QED) is 0.791. The van der Waals surface area contributed by atoms with Gasteiger partial charge in [0.2, 0.25) is 0 Å². The zero-order chi connectivity index (χ0) is 13.9. The van der Waals surface area contributed by atoms with E-state index < -0.39 is 0 Å². The molecule has 19 heavy (non-hydrogen) atoms. The Balaban J connectivity index is 2.15. The van der Waals surface area contributed by atoms with Crippen molar-refractivity contribution in [2.75, 3.05) is 23.7 Å². The SMILES string of the molecule is CCNc1nc(CC)nc(NCC2(CC)CC2)c1C. The molecule has 0 atom stereocenters. The van der Waals surface area contributed by atoms with E-state index in [1.165, 1.54) is 19.3 Å². The first-order chi connectivity index (χ1) is 9.14. The van der Waals surface area contributed by atoms with Crippen LogP contribution in [0.4, 0.5) is 11.6 Å².